The Hall–Kier alpha value is -2.14. The third-order valence-electron chi connectivity index (χ3n) is 2.45. The summed E-state index contributed by atoms with van der Waals surface area (Å²) >= 11 is 0. The number of rotatable bonds is 4. The topological polar surface area (TPSA) is 43.4 Å². The molecule has 0 fully saturated rings. The number of hydrogen-bond acceptors (Lipinski definition) is 3. The molecule has 0 saturated heterocycles. The molecule has 0 aromatic heterocycles. The van der Waals surface area contributed by atoms with Crippen molar-refractivity contribution in [2.75, 3.05) is 0 Å². The standard InChI is InChI=1S/C14H11FO3S/c1-11(19(15,16)17)12-7-9-14(10-8-12)18-13-5-3-2-4-6-13/h2-10H,1H2. The Morgan fingerprint density at radius 3 is 2.00 bits per heavy atom. The van der Waals surface area contributed by atoms with E-state index in [9.17, 15) is 12.3 Å². The highest BCUT2D eigenvalue weighted by Gasteiger charge is 2.15. The van der Waals surface area contributed by atoms with Gasteiger partial charge in [-0.15, -0.1) is 3.89 Å². The Kier molecular flexibility index (Phi) is 3.66. The highest BCUT2D eigenvalue weighted by atomic mass is 32.3. The second-order valence-electron chi connectivity index (χ2n) is 3.80. The Labute approximate surface area is 111 Å². The van der Waals surface area contributed by atoms with Crippen molar-refractivity contribution in [1.82, 2.24) is 0 Å². The molecule has 0 bridgehead atoms. The average molecular weight is 278 g/mol. The first kappa shape index (κ1) is 13.3. The van der Waals surface area contributed by atoms with Crippen LogP contribution in [0.2, 0.25) is 0 Å². The summed E-state index contributed by atoms with van der Waals surface area (Å²) < 4.78 is 39.7. The van der Waals surface area contributed by atoms with Crippen LogP contribution < -0.4 is 4.74 Å². The van der Waals surface area contributed by atoms with Crippen LogP contribution in [0.3, 0.4) is 0 Å². The molecular formula is C14H11FO3S. The van der Waals surface area contributed by atoms with Gasteiger partial charge >= 0.3 is 10.2 Å². The molecule has 0 N–H and O–H groups in total. The first-order chi connectivity index (χ1) is 8.97. The van der Waals surface area contributed by atoms with Crippen molar-refractivity contribution in [2.24, 2.45) is 0 Å². The van der Waals surface area contributed by atoms with Gasteiger partial charge in [-0.2, -0.15) is 8.42 Å². The van der Waals surface area contributed by atoms with Gasteiger partial charge in [0.15, 0.2) is 0 Å². The molecule has 0 aliphatic heterocycles. The molecule has 2 aromatic rings. The molecule has 0 heterocycles. The number of benzene rings is 2. The van der Waals surface area contributed by atoms with Gasteiger partial charge in [0.25, 0.3) is 0 Å². The fraction of sp³-hybridized carbons (Fsp3) is 0. The average Bonchev–Trinajstić information content (AvgIpc) is 2.39. The second kappa shape index (κ2) is 5.24. The SMILES string of the molecule is C=C(c1ccc(Oc2ccccc2)cc1)S(=O)(=O)F. The minimum absolute atomic E-state index is 0.197. The van der Waals surface area contributed by atoms with Crippen LogP contribution >= 0.6 is 0 Å². The zero-order chi connectivity index (χ0) is 13.9. The van der Waals surface area contributed by atoms with Crippen molar-refractivity contribution in [3.05, 3.63) is 66.7 Å². The number of hydrogen-bond donors (Lipinski definition) is 0. The molecule has 0 saturated carbocycles. The van der Waals surface area contributed by atoms with E-state index in [0.717, 1.165) is 0 Å². The van der Waals surface area contributed by atoms with E-state index in [0.29, 0.717) is 11.5 Å². The van der Waals surface area contributed by atoms with Gasteiger partial charge in [0.1, 0.15) is 11.5 Å². The maximum atomic E-state index is 12.8. The number of para-hydroxylation sites is 1. The van der Waals surface area contributed by atoms with E-state index >= 15 is 0 Å². The summed E-state index contributed by atoms with van der Waals surface area (Å²) in [5.74, 6) is 1.19. The lowest BCUT2D eigenvalue weighted by atomic mass is 10.2. The Bertz CT molecular complexity index is 676. The van der Waals surface area contributed by atoms with Crippen molar-refractivity contribution in [3.8, 4) is 11.5 Å². The fourth-order valence-electron chi connectivity index (χ4n) is 1.47. The van der Waals surface area contributed by atoms with Crippen molar-refractivity contribution >= 4 is 15.1 Å². The molecule has 0 aliphatic rings. The van der Waals surface area contributed by atoms with Gasteiger partial charge in [-0.1, -0.05) is 24.8 Å². The summed E-state index contributed by atoms with van der Waals surface area (Å²) in [6.45, 7) is 3.21. The fourth-order valence-corrected chi connectivity index (χ4v) is 1.89. The van der Waals surface area contributed by atoms with E-state index in [1.54, 1.807) is 24.3 Å². The van der Waals surface area contributed by atoms with E-state index in [2.05, 4.69) is 6.58 Å². The molecule has 98 valence electrons. The van der Waals surface area contributed by atoms with E-state index in [1.807, 2.05) is 18.2 Å². The number of halogens is 1. The summed E-state index contributed by atoms with van der Waals surface area (Å²) in [6.07, 6.45) is 0. The molecule has 0 unspecified atom stereocenters. The van der Waals surface area contributed by atoms with E-state index < -0.39 is 15.1 Å². The van der Waals surface area contributed by atoms with Crippen LogP contribution in [0.15, 0.2) is 61.2 Å². The largest absolute Gasteiger partial charge is 0.457 e. The van der Waals surface area contributed by atoms with E-state index in [-0.39, 0.29) is 5.56 Å². The molecular weight excluding hydrogens is 267 g/mol. The van der Waals surface area contributed by atoms with Crippen LogP contribution in [0.25, 0.3) is 4.91 Å². The van der Waals surface area contributed by atoms with E-state index in [4.69, 9.17) is 4.74 Å². The maximum absolute atomic E-state index is 12.8. The van der Waals surface area contributed by atoms with Crippen LogP contribution in [-0.2, 0) is 10.2 Å². The smallest absolute Gasteiger partial charge is 0.332 e. The van der Waals surface area contributed by atoms with Crippen LogP contribution in [0.1, 0.15) is 5.56 Å². The summed E-state index contributed by atoms with van der Waals surface area (Å²) in [5, 5.41) is 0. The molecule has 3 nitrogen and oxygen atoms in total. The highest BCUT2D eigenvalue weighted by Crippen LogP contribution is 2.25. The lowest BCUT2D eigenvalue weighted by molar-refractivity contribution is 0.482. The van der Waals surface area contributed by atoms with Crippen LogP contribution in [0.4, 0.5) is 3.89 Å². The third-order valence-corrected chi connectivity index (χ3v) is 3.27. The third kappa shape index (κ3) is 3.42. The molecule has 0 aliphatic carbocycles. The molecule has 5 heteroatoms. The predicted octanol–water partition coefficient (Wildman–Crippen LogP) is 3.75. The normalized spacial score (nSPS) is 11.0. The summed E-state index contributed by atoms with van der Waals surface area (Å²) in [7, 11) is -4.76. The van der Waals surface area contributed by atoms with Gasteiger partial charge in [-0.3, -0.25) is 0 Å². The molecule has 0 amide bonds. The van der Waals surface area contributed by atoms with E-state index in [1.165, 1.54) is 12.1 Å². The Morgan fingerprint density at radius 2 is 1.47 bits per heavy atom. The minimum Gasteiger partial charge on any atom is -0.457 e. The van der Waals surface area contributed by atoms with Gasteiger partial charge < -0.3 is 4.74 Å². The zero-order valence-electron chi connectivity index (χ0n) is 9.91. The highest BCUT2D eigenvalue weighted by molar-refractivity contribution is 7.95. The summed E-state index contributed by atoms with van der Waals surface area (Å²) in [5.41, 5.74) is 0.197. The second-order valence-corrected chi connectivity index (χ2v) is 5.17. The van der Waals surface area contributed by atoms with Gasteiger partial charge in [-0.25, -0.2) is 0 Å². The lowest BCUT2D eigenvalue weighted by Crippen LogP contribution is -1.94. The van der Waals surface area contributed by atoms with Gasteiger partial charge in [-0.05, 0) is 42.0 Å². The molecule has 2 rings (SSSR count). The molecule has 0 spiro atoms. The predicted molar refractivity (Wildman–Crippen MR) is 72.0 cm³/mol. The zero-order valence-corrected chi connectivity index (χ0v) is 10.7. The van der Waals surface area contributed by atoms with Crippen molar-refractivity contribution in [3.63, 3.8) is 0 Å². The maximum Gasteiger partial charge on any atom is 0.332 e. The van der Waals surface area contributed by atoms with Crippen molar-refractivity contribution in [2.45, 2.75) is 0 Å². The first-order valence-corrected chi connectivity index (χ1v) is 6.82. The van der Waals surface area contributed by atoms with Crippen LogP contribution in [0, 0.1) is 0 Å². The minimum atomic E-state index is -4.76. The monoisotopic (exact) mass is 278 g/mol. The van der Waals surface area contributed by atoms with Gasteiger partial charge in [0.2, 0.25) is 0 Å². The molecule has 0 atom stereocenters. The molecule has 2 aromatic carbocycles. The van der Waals surface area contributed by atoms with Crippen molar-refractivity contribution in [1.29, 1.82) is 0 Å². The summed E-state index contributed by atoms with van der Waals surface area (Å²) in [4.78, 5) is -0.557. The van der Waals surface area contributed by atoms with Crippen molar-refractivity contribution < 1.29 is 17.0 Å². The quantitative estimate of drug-likeness (QED) is 0.800. The van der Waals surface area contributed by atoms with Gasteiger partial charge in [0, 0.05) is 0 Å². The summed E-state index contributed by atoms with van der Waals surface area (Å²) in [6, 6.07) is 15.1. The Balaban J connectivity index is 2.18. The van der Waals surface area contributed by atoms with Crippen LogP contribution in [-0.4, -0.2) is 8.42 Å². The molecule has 19 heavy (non-hydrogen) atoms. The molecule has 0 radical (unpaired) electrons. The first-order valence-electron chi connectivity index (χ1n) is 5.44. The van der Waals surface area contributed by atoms with Gasteiger partial charge in [0.05, 0.1) is 4.91 Å². The number of ether oxygens (including phenoxy) is 1. The lowest BCUT2D eigenvalue weighted by Gasteiger charge is -2.06. The Morgan fingerprint density at radius 1 is 0.947 bits per heavy atom. The van der Waals surface area contributed by atoms with Crippen LogP contribution in [0.5, 0.6) is 11.5 Å².